The van der Waals surface area contributed by atoms with E-state index in [1.54, 1.807) is 39.2 Å². The molecule has 0 N–H and O–H groups in total. The van der Waals surface area contributed by atoms with E-state index in [1.165, 1.54) is 12.1 Å². The van der Waals surface area contributed by atoms with E-state index in [9.17, 15) is 17.6 Å². The number of hydrogen-bond donors (Lipinski definition) is 0. The molecule has 0 radical (unpaired) electrons. The summed E-state index contributed by atoms with van der Waals surface area (Å²) < 4.78 is 49.1. The molecular weight excluding hydrogens is 383 g/mol. The van der Waals surface area contributed by atoms with Crippen LogP contribution in [0.3, 0.4) is 0 Å². The zero-order valence-corrected chi connectivity index (χ0v) is 17.1. The lowest BCUT2D eigenvalue weighted by Gasteiger charge is -2.22. The molecule has 0 unspecified atom stereocenters. The van der Waals surface area contributed by atoms with E-state index < -0.39 is 27.2 Å². The summed E-state index contributed by atoms with van der Waals surface area (Å²) in [7, 11) is -2.00. The Morgan fingerprint density at radius 2 is 1.79 bits per heavy atom. The number of ether oxygens (including phenoxy) is 2. The van der Waals surface area contributed by atoms with Crippen LogP contribution in [0, 0.1) is 12.7 Å². The maximum Gasteiger partial charge on any atom is 0.340 e. The quantitative estimate of drug-likeness (QED) is 0.725. The lowest BCUT2D eigenvalue weighted by atomic mass is 9.86. The van der Waals surface area contributed by atoms with Gasteiger partial charge >= 0.3 is 5.97 Å². The normalized spacial score (nSPS) is 16.3. The number of esters is 1. The van der Waals surface area contributed by atoms with Gasteiger partial charge in [-0.1, -0.05) is 12.1 Å². The van der Waals surface area contributed by atoms with E-state index in [0.29, 0.717) is 16.9 Å². The van der Waals surface area contributed by atoms with Crippen LogP contribution in [0.5, 0.6) is 5.75 Å². The van der Waals surface area contributed by atoms with E-state index in [-0.39, 0.29) is 16.0 Å². The lowest BCUT2D eigenvalue weighted by molar-refractivity contribution is -0.141. The molecule has 1 heterocycles. The average molecular weight is 404 g/mol. The predicted octanol–water partition coefficient (Wildman–Crippen LogP) is 3.79. The van der Waals surface area contributed by atoms with Crippen molar-refractivity contribution >= 4 is 27.0 Å². The van der Waals surface area contributed by atoms with Crippen LogP contribution in [-0.4, -0.2) is 33.4 Å². The number of benzene rings is 2. The van der Waals surface area contributed by atoms with Crippen molar-refractivity contribution in [2.75, 3.05) is 13.4 Å². The van der Waals surface area contributed by atoms with Gasteiger partial charge in [-0.25, -0.2) is 17.6 Å². The third-order valence-corrected chi connectivity index (χ3v) is 5.84. The molecule has 1 aliphatic heterocycles. The van der Waals surface area contributed by atoms with Crippen molar-refractivity contribution in [3.05, 3.63) is 58.9 Å². The van der Waals surface area contributed by atoms with Crippen molar-refractivity contribution in [2.45, 2.75) is 31.3 Å². The van der Waals surface area contributed by atoms with Crippen LogP contribution in [0.4, 0.5) is 4.39 Å². The summed E-state index contributed by atoms with van der Waals surface area (Å²) in [6.45, 7) is 5.19. The number of methoxy groups -OCH3 is 1. The van der Waals surface area contributed by atoms with E-state index in [2.05, 4.69) is 0 Å². The molecule has 0 aromatic heterocycles. The summed E-state index contributed by atoms with van der Waals surface area (Å²) >= 11 is 0. The van der Waals surface area contributed by atoms with Crippen LogP contribution in [-0.2, 0) is 19.4 Å². The van der Waals surface area contributed by atoms with Gasteiger partial charge in [0.15, 0.2) is 9.84 Å². The molecule has 0 atom stereocenters. The molecule has 0 fully saturated rings. The van der Waals surface area contributed by atoms with Gasteiger partial charge in [0.05, 0.1) is 17.6 Å². The number of rotatable bonds is 4. The van der Waals surface area contributed by atoms with Crippen molar-refractivity contribution < 1.29 is 27.1 Å². The largest absolute Gasteiger partial charge is 0.496 e. The Bertz CT molecular complexity index is 1110. The molecule has 0 bridgehead atoms. The molecule has 0 spiro atoms. The predicted molar refractivity (Wildman–Crippen MR) is 104 cm³/mol. The summed E-state index contributed by atoms with van der Waals surface area (Å²) in [5.74, 6) is -0.622. The molecule has 148 valence electrons. The number of sulfone groups is 1. The molecule has 3 rings (SSSR count). The zero-order valence-electron chi connectivity index (χ0n) is 16.3. The highest BCUT2D eigenvalue weighted by Crippen LogP contribution is 2.45. The number of halogens is 1. The fourth-order valence-corrected chi connectivity index (χ4v) is 4.05. The first kappa shape index (κ1) is 20.1. The van der Waals surface area contributed by atoms with E-state index >= 15 is 0 Å². The molecule has 28 heavy (non-hydrogen) atoms. The van der Waals surface area contributed by atoms with E-state index in [0.717, 1.165) is 17.9 Å². The Hall–Kier alpha value is -2.67. The van der Waals surface area contributed by atoms with Gasteiger partial charge in [-0.3, -0.25) is 0 Å². The van der Waals surface area contributed by atoms with E-state index in [1.807, 2.05) is 6.92 Å². The fourth-order valence-electron chi connectivity index (χ4n) is 3.42. The van der Waals surface area contributed by atoms with Crippen molar-refractivity contribution in [1.82, 2.24) is 0 Å². The maximum atomic E-state index is 14.9. The summed E-state index contributed by atoms with van der Waals surface area (Å²) in [5, 5.41) is 0. The van der Waals surface area contributed by atoms with Gasteiger partial charge in [-0.15, -0.1) is 0 Å². The Morgan fingerprint density at radius 1 is 1.11 bits per heavy atom. The first-order valence-electron chi connectivity index (χ1n) is 8.59. The standard InChI is InChI=1S/C21H21FO5S/c1-12-10-13(6-9-17(12)26-4)18-19(21(2,3)27-20(18)23)15-8-7-14(11-16(15)22)28(5,24)25/h6-11H,1-5H3. The summed E-state index contributed by atoms with van der Waals surface area (Å²) in [6.07, 6.45) is 1.01. The molecule has 0 aliphatic carbocycles. The first-order chi connectivity index (χ1) is 13.0. The Balaban J connectivity index is 2.27. The van der Waals surface area contributed by atoms with Crippen molar-refractivity contribution in [3.8, 4) is 5.75 Å². The van der Waals surface area contributed by atoms with Crippen LogP contribution in [0.25, 0.3) is 11.1 Å². The highest BCUT2D eigenvalue weighted by atomic mass is 32.2. The molecular formula is C21H21FO5S. The van der Waals surface area contributed by atoms with Crippen molar-refractivity contribution in [1.29, 1.82) is 0 Å². The number of cyclic esters (lactones) is 1. The molecule has 0 saturated heterocycles. The van der Waals surface area contributed by atoms with Gasteiger partial charge in [0.25, 0.3) is 0 Å². The molecule has 2 aromatic carbocycles. The third kappa shape index (κ3) is 3.42. The molecule has 0 amide bonds. The smallest absolute Gasteiger partial charge is 0.340 e. The summed E-state index contributed by atoms with van der Waals surface area (Å²) in [5.41, 5.74) is 1.08. The van der Waals surface area contributed by atoms with Crippen molar-refractivity contribution in [3.63, 3.8) is 0 Å². The summed E-state index contributed by atoms with van der Waals surface area (Å²) in [4.78, 5) is 12.5. The first-order valence-corrected chi connectivity index (χ1v) is 10.5. The van der Waals surface area contributed by atoms with E-state index in [4.69, 9.17) is 9.47 Å². The van der Waals surface area contributed by atoms with Gasteiger partial charge in [-0.2, -0.15) is 0 Å². The number of hydrogen-bond acceptors (Lipinski definition) is 5. The highest BCUT2D eigenvalue weighted by molar-refractivity contribution is 7.90. The van der Waals surface area contributed by atoms with Crippen LogP contribution in [0.1, 0.15) is 30.5 Å². The van der Waals surface area contributed by atoms with Gasteiger partial charge < -0.3 is 9.47 Å². The topological polar surface area (TPSA) is 69.7 Å². The average Bonchev–Trinajstić information content (AvgIpc) is 2.82. The minimum Gasteiger partial charge on any atom is -0.496 e. The molecule has 1 aliphatic rings. The Labute approximate surface area is 163 Å². The highest BCUT2D eigenvalue weighted by Gasteiger charge is 2.42. The minimum absolute atomic E-state index is 0.126. The SMILES string of the molecule is COc1ccc(C2=C(c3ccc(S(C)(=O)=O)cc3F)C(C)(C)OC2=O)cc1C. The Kier molecular flexibility index (Phi) is 4.83. The third-order valence-electron chi connectivity index (χ3n) is 4.73. The second kappa shape index (κ2) is 6.74. The number of aryl methyl sites for hydroxylation is 1. The fraction of sp³-hybridized carbons (Fsp3) is 0.286. The zero-order chi connectivity index (χ0) is 20.9. The number of carbonyl (C=O) groups excluding carboxylic acids is 1. The molecule has 2 aromatic rings. The van der Waals surface area contributed by atoms with Gasteiger partial charge in [0.2, 0.25) is 0 Å². The van der Waals surface area contributed by atoms with Crippen LogP contribution >= 0.6 is 0 Å². The molecule has 7 heteroatoms. The number of carbonyl (C=O) groups is 1. The second-order valence-corrected chi connectivity index (χ2v) is 9.26. The lowest BCUT2D eigenvalue weighted by Crippen LogP contribution is -2.23. The minimum atomic E-state index is -3.55. The van der Waals surface area contributed by atoms with Gasteiger partial charge in [0, 0.05) is 17.4 Å². The van der Waals surface area contributed by atoms with Gasteiger partial charge in [-0.05, 0) is 56.2 Å². The van der Waals surface area contributed by atoms with Crippen LogP contribution in [0.2, 0.25) is 0 Å². The van der Waals surface area contributed by atoms with Crippen LogP contribution < -0.4 is 4.74 Å². The summed E-state index contributed by atoms with van der Waals surface area (Å²) in [6, 6.07) is 8.90. The molecule has 0 saturated carbocycles. The van der Waals surface area contributed by atoms with Gasteiger partial charge in [0.1, 0.15) is 17.2 Å². The van der Waals surface area contributed by atoms with Crippen LogP contribution in [0.15, 0.2) is 41.3 Å². The monoisotopic (exact) mass is 404 g/mol. The second-order valence-electron chi connectivity index (χ2n) is 7.25. The molecule has 5 nitrogen and oxygen atoms in total. The van der Waals surface area contributed by atoms with Crippen molar-refractivity contribution in [2.24, 2.45) is 0 Å². The maximum absolute atomic E-state index is 14.9. The Morgan fingerprint density at radius 3 is 2.32 bits per heavy atom.